The zero-order valence-electron chi connectivity index (χ0n) is 17.5. The van der Waals surface area contributed by atoms with Crippen LogP contribution in [0.3, 0.4) is 0 Å². The predicted octanol–water partition coefficient (Wildman–Crippen LogP) is 2.30. The second kappa shape index (κ2) is 10.7. The summed E-state index contributed by atoms with van der Waals surface area (Å²) in [6, 6.07) is 11.4. The van der Waals surface area contributed by atoms with E-state index >= 15 is 0 Å². The summed E-state index contributed by atoms with van der Waals surface area (Å²) in [5, 5.41) is 2.53. The lowest BCUT2D eigenvalue weighted by atomic mass is 10.2. The molecule has 0 aliphatic carbocycles. The van der Waals surface area contributed by atoms with Gasteiger partial charge >= 0.3 is 11.9 Å². The third kappa shape index (κ3) is 6.12. The van der Waals surface area contributed by atoms with Gasteiger partial charge in [-0.1, -0.05) is 19.9 Å². The number of nitrogens with one attached hydrogen (secondary N) is 1. The van der Waals surface area contributed by atoms with Crippen molar-refractivity contribution in [3.8, 4) is 0 Å². The van der Waals surface area contributed by atoms with Crippen LogP contribution in [0.4, 0.5) is 5.69 Å². The Balaban J connectivity index is 1.99. The maximum absolute atomic E-state index is 12.6. The minimum absolute atomic E-state index is 0.0171. The molecule has 10 heteroatoms. The highest BCUT2D eigenvalue weighted by Crippen LogP contribution is 2.17. The van der Waals surface area contributed by atoms with E-state index in [2.05, 4.69) is 10.1 Å². The van der Waals surface area contributed by atoms with Crippen LogP contribution in [0.15, 0.2) is 53.4 Å². The molecule has 0 aliphatic rings. The molecule has 9 nitrogen and oxygen atoms in total. The van der Waals surface area contributed by atoms with E-state index in [1.54, 1.807) is 13.8 Å². The number of hydrogen-bond donors (Lipinski definition) is 1. The smallest absolute Gasteiger partial charge is 0.338 e. The molecular weight excluding hydrogens is 424 g/mol. The number of esters is 2. The van der Waals surface area contributed by atoms with Crippen LogP contribution >= 0.6 is 0 Å². The van der Waals surface area contributed by atoms with Crippen molar-refractivity contribution in [1.82, 2.24) is 4.31 Å². The van der Waals surface area contributed by atoms with Gasteiger partial charge in [0.15, 0.2) is 6.61 Å². The quantitative estimate of drug-likeness (QED) is 0.585. The molecule has 0 heterocycles. The summed E-state index contributed by atoms with van der Waals surface area (Å²) in [6.07, 6.45) is 0. The first-order chi connectivity index (χ1) is 14.7. The number of sulfonamides is 1. The van der Waals surface area contributed by atoms with E-state index in [9.17, 15) is 22.8 Å². The summed E-state index contributed by atoms with van der Waals surface area (Å²) >= 11 is 0. The zero-order valence-corrected chi connectivity index (χ0v) is 18.3. The van der Waals surface area contributed by atoms with Crippen LogP contribution in [0.5, 0.6) is 0 Å². The molecule has 2 aromatic rings. The molecule has 0 radical (unpaired) electrons. The fourth-order valence-electron chi connectivity index (χ4n) is 2.72. The molecule has 0 saturated heterocycles. The van der Waals surface area contributed by atoms with Gasteiger partial charge in [-0.3, -0.25) is 4.79 Å². The van der Waals surface area contributed by atoms with Crippen molar-refractivity contribution in [2.24, 2.45) is 0 Å². The fraction of sp³-hybridized carbons (Fsp3) is 0.286. The van der Waals surface area contributed by atoms with Gasteiger partial charge in [0.2, 0.25) is 10.0 Å². The number of amides is 1. The fourth-order valence-corrected chi connectivity index (χ4v) is 4.22. The molecule has 0 bridgehead atoms. The Morgan fingerprint density at radius 1 is 0.935 bits per heavy atom. The van der Waals surface area contributed by atoms with E-state index < -0.39 is 34.5 Å². The monoisotopic (exact) mass is 448 g/mol. The lowest BCUT2D eigenvalue weighted by molar-refractivity contribution is -0.119. The molecule has 0 unspecified atom stereocenters. The van der Waals surface area contributed by atoms with Crippen molar-refractivity contribution in [3.63, 3.8) is 0 Å². The number of nitrogens with zero attached hydrogens (tertiary/aromatic N) is 1. The first-order valence-electron chi connectivity index (χ1n) is 9.48. The van der Waals surface area contributed by atoms with Crippen molar-refractivity contribution >= 4 is 33.6 Å². The van der Waals surface area contributed by atoms with Crippen LogP contribution in [0.25, 0.3) is 0 Å². The summed E-state index contributed by atoms with van der Waals surface area (Å²) in [7, 11) is -2.46. The number of carbonyl (C=O) groups is 3. The third-order valence-corrected chi connectivity index (χ3v) is 6.38. The van der Waals surface area contributed by atoms with Crippen LogP contribution in [-0.4, -0.2) is 57.4 Å². The third-order valence-electron chi connectivity index (χ3n) is 4.34. The number of benzene rings is 2. The molecule has 0 saturated carbocycles. The lowest BCUT2D eigenvalue weighted by Crippen LogP contribution is -2.30. The summed E-state index contributed by atoms with van der Waals surface area (Å²) in [5.74, 6) is -1.92. The zero-order chi connectivity index (χ0) is 23.0. The maximum Gasteiger partial charge on any atom is 0.338 e. The molecule has 0 aliphatic heterocycles. The van der Waals surface area contributed by atoms with Crippen molar-refractivity contribution in [1.29, 1.82) is 0 Å². The molecule has 1 amide bonds. The van der Waals surface area contributed by atoms with Gasteiger partial charge in [-0.15, -0.1) is 0 Å². The maximum atomic E-state index is 12.6. The molecule has 1 N–H and O–H groups in total. The number of carbonyl (C=O) groups excluding carboxylic acids is 3. The van der Waals surface area contributed by atoms with Crippen LogP contribution in [0.2, 0.25) is 0 Å². The Morgan fingerprint density at radius 3 is 2.16 bits per heavy atom. The Kier molecular flexibility index (Phi) is 8.29. The molecule has 0 atom stereocenters. The van der Waals surface area contributed by atoms with Crippen molar-refractivity contribution in [3.05, 3.63) is 59.7 Å². The van der Waals surface area contributed by atoms with Crippen LogP contribution in [0.1, 0.15) is 34.6 Å². The van der Waals surface area contributed by atoms with E-state index in [1.165, 1.54) is 59.9 Å². The number of hydrogen-bond acceptors (Lipinski definition) is 7. The molecule has 2 rings (SSSR count). The average Bonchev–Trinajstić information content (AvgIpc) is 2.78. The van der Waals surface area contributed by atoms with Crippen LogP contribution in [0, 0.1) is 0 Å². The van der Waals surface area contributed by atoms with E-state index in [1.807, 2.05) is 0 Å². The van der Waals surface area contributed by atoms with Gasteiger partial charge in [-0.2, -0.15) is 4.31 Å². The highest BCUT2D eigenvalue weighted by molar-refractivity contribution is 7.89. The van der Waals surface area contributed by atoms with Crippen molar-refractivity contribution < 1.29 is 32.3 Å². The Labute approximate surface area is 181 Å². The average molecular weight is 448 g/mol. The van der Waals surface area contributed by atoms with Gasteiger partial charge in [0, 0.05) is 18.8 Å². The van der Waals surface area contributed by atoms with Gasteiger partial charge in [-0.25, -0.2) is 18.0 Å². The Hall–Kier alpha value is -3.24. The molecule has 166 valence electrons. The van der Waals surface area contributed by atoms with Crippen molar-refractivity contribution in [2.45, 2.75) is 18.7 Å². The largest absolute Gasteiger partial charge is 0.465 e. The van der Waals surface area contributed by atoms with E-state index in [4.69, 9.17) is 4.74 Å². The molecule has 2 aromatic carbocycles. The first-order valence-corrected chi connectivity index (χ1v) is 10.9. The standard InChI is InChI=1S/C21H24N2O7S/c1-4-23(5-2)31(27,28)18-8-6-7-16(13-18)21(26)30-14-19(24)22-17-11-9-15(10-12-17)20(25)29-3/h6-13H,4-5,14H2,1-3H3,(H,22,24). The first kappa shape index (κ1) is 24.0. The molecule has 0 aromatic heterocycles. The van der Waals surface area contributed by atoms with Gasteiger partial charge < -0.3 is 14.8 Å². The van der Waals surface area contributed by atoms with Crippen LogP contribution in [-0.2, 0) is 24.3 Å². The van der Waals surface area contributed by atoms with Gasteiger partial charge in [-0.05, 0) is 42.5 Å². The Morgan fingerprint density at radius 2 is 1.58 bits per heavy atom. The number of rotatable bonds is 9. The summed E-state index contributed by atoms with van der Waals surface area (Å²) in [5.41, 5.74) is 0.746. The number of anilines is 1. The van der Waals surface area contributed by atoms with E-state index in [-0.39, 0.29) is 10.5 Å². The normalized spacial score (nSPS) is 11.1. The van der Waals surface area contributed by atoms with Gasteiger partial charge in [0.25, 0.3) is 5.91 Å². The van der Waals surface area contributed by atoms with Gasteiger partial charge in [0.05, 0.1) is 23.1 Å². The van der Waals surface area contributed by atoms with E-state index in [0.717, 1.165) is 0 Å². The topological polar surface area (TPSA) is 119 Å². The Bertz CT molecular complexity index is 1050. The van der Waals surface area contributed by atoms with Gasteiger partial charge in [0.1, 0.15) is 0 Å². The summed E-state index contributed by atoms with van der Waals surface area (Å²) in [4.78, 5) is 35.7. The highest BCUT2D eigenvalue weighted by Gasteiger charge is 2.23. The molecule has 0 fully saturated rings. The lowest BCUT2D eigenvalue weighted by Gasteiger charge is -2.18. The summed E-state index contributed by atoms with van der Waals surface area (Å²) < 4.78 is 36.1. The molecular formula is C21H24N2O7S. The molecule has 31 heavy (non-hydrogen) atoms. The predicted molar refractivity (Wildman–Crippen MR) is 113 cm³/mol. The minimum Gasteiger partial charge on any atom is -0.465 e. The summed E-state index contributed by atoms with van der Waals surface area (Å²) in [6.45, 7) is 3.48. The minimum atomic E-state index is -3.73. The second-order valence-corrected chi connectivity index (χ2v) is 8.25. The number of ether oxygens (including phenoxy) is 2. The molecule has 0 spiro atoms. The highest BCUT2D eigenvalue weighted by atomic mass is 32.2. The second-order valence-electron chi connectivity index (χ2n) is 6.31. The van der Waals surface area contributed by atoms with Crippen LogP contribution < -0.4 is 5.32 Å². The van der Waals surface area contributed by atoms with Crippen molar-refractivity contribution in [2.75, 3.05) is 32.1 Å². The number of methoxy groups -OCH3 is 1. The SMILES string of the molecule is CCN(CC)S(=O)(=O)c1cccc(C(=O)OCC(=O)Nc2ccc(C(=O)OC)cc2)c1. The van der Waals surface area contributed by atoms with E-state index in [0.29, 0.717) is 24.3 Å².